The van der Waals surface area contributed by atoms with Crippen LogP contribution in [0.3, 0.4) is 0 Å². The van der Waals surface area contributed by atoms with Crippen LogP contribution in [-0.4, -0.2) is 51.9 Å². The van der Waals surface area contributed by atoms with Crippen molar-refractivity contribution in [3.05, 3.63) is 52.0 Å². The number of hydrogen-bond donors (Lipinski definition) is 0. The van der Waals surface area contributed by atoms with Crippen LogP contribution in [0.1, 0.15) is 16.1 Å². The van der Waals surface area contributed by atoms with Crippen molar-refractivity contribution >= 4 is 29.1 Å². The third-order valence-corrected chi connectivity index (χ3v) is 6.29. The third-order valence-electron chi connectivity index (χ3n) is 5.55. The van der Waals surface area contributed by atoms with E-state index in [1.807, 2.05) is 24.1 Å². The van der Waals surface area contributed by atoms with Crippen molar-refractivity contribution in [3.8, 4) is 0 Å². The van der Waals surface area contributed by atoms with E-state index < -0.39 is 0 Å². The second-order valence-electron chi connectivity index (χ2n) is 7.57. The van der Waals surface area contributed by atoms with E-state index in [0.717, 1.165) is 25.2 Å². The van der Waals surface area contributed by atoms with Gasteiger partial charge in [0.25, 0.3) is 5.91 Å². The van der Waals surface area contributed by atoms with E-state index in [0.29, 0.717) is 40.0 Å². The zero-order valence-corrected chi connectivity index (χ0v) is 16.4. The SMILES string of the molecule is CN1C[C@H]2C(CN(Cc3ccc(Cl)c(Cl)c3)C(=O)c3cn(C)cn3)[C@@H]2C1. The maximum absolute atomic E-state index is 13.0. The van der Waals surface area contributed by atoms with Crippen molar-refractivity contribution in [3.63, 3.8) is 0 Å². The lowest BCUT2D eigenvalue weighted by Gasteiger charge is -2.24. The summed E-state index contributed by atoms with van der Waals surface area (Å²) in [5.74, 6) is 1.98. The lowest BCUT2D eigenvalue weighted by atomic mass is 10.1. The van der Waals surface area contributed by atoms with Crippen LogP contribution in [0.4, 0.5) is 0 Å². The van der Waals surface area contributed by atoms with Gasteiger partial charge >= 0.3 is 0 Å². The van der Waals surface area contributed by atoms with Crippen molar-refractivity contribution in [2.75, 3.05) is 26.7 Å². The molecule has 1 aromatic carbocycles. The monoisotopic (exact) mass is 392 g/mol. The average Bonchev–Trinajstić information content (AvgIpc) is 2.94. The Morgan fingerprint density at radius 2 is 1.96 bits per heavy atom. The summed E-state index contributed by atoms with van der Waals surface area (Å²) in [7, 11) is 4.03. The predicted octanol–water partition coefficient (Wildman–Crippen LogP) is 3.18. The van der Waals surface area contributed by atoms with Gasteiger partial charge in [0.15, 0.2) is 0 Å². The highest BCUT2D eigenvalue weighted by Gasteiger charge is 2.55. The van der Waals surface area contributed by atoms with Gasteiger partial charge in [-0.25, -0.2) is 4.98 Å². The van der Waals surface area contributed by atoms with Crippen LogP contribution in [0.25, 0.3) is 0 Å². The van der Waals surface area contributed by atoms with Gasteiger partial charge in [-0.05, 0) is 42.5 Å². The summed E-state index contributed by atoms with van der Waals surface area (Å²) in [6.07, 6.45) is 3.43. The number of aryl methyl sites for hydroxylation is 1. The molecule has 0 unspecified atom stereocenters. The van der Waals surface area contributed by atoms with Crippen molar-refractivity contribution in [1.82, 2.24) is 19.4 Å². The summed E-state index contributed by atoms with van der Waals surface area (Å²) in [6.45, 7) is 3.54. The van der Waals surface area contributed by atoms with Crippen LogP contribution in [0.5, 0.6) is 0 Å². The lowest BCUT2D eigenvalue weighted by molar-refractivity contribution is 0.0720. The molecule has 7 heteroatoms. The number of rotatable bonds is 5. The van der Waals surface area contributed by atoms with Gasteiger partial charge < -0.3 is 14.4 Å². The Kier molecular flexibility index (Phi) is 4.71. The Hall–Kier alpha value is -1.56. The van der Waals surface area contributed by atoms with Crippen molar-refractivity contribution in [1.29, 1.82) is 0 Å². The molecule has 5 nitrogen and oxygen atoms in total. The zero-order valence-electron chi connectivity index (χ0n) is 14.9. The number of halogens is 2. The van der Waals surface area contributed by atoms with E-state index in [9.17, 15) is 4.79 Å². The summed E-state index contributed by atoms with van der Waals surface area (Å²) in [6, 6.07) is 5.54. The topological polar surface area (TPSA) is 41.4 Å². The molecular weight excluding hydrogens is 371 g/mol. The molecule has 1 saturated carbocycles. The van der Waals surface area contributed by atoms with Gasteiger partial charge in [0.2, 0.25) is 0 Å². The minimum atomic E-state index is -0.0324. The first kappa shape index (κ1) is 17.8. The van der Waals surface area contributed by atoms with Crippen molar-refractivity contribution < 1.29 is 4.79 Å². The van der Waals surface area contributed by atoms with Crippen LogP contribution in [-0.2, 0) is 13.6 Å². The highest BCUT2D eigenvalue weighted by atomic mass is 35.5. The number of imidazole rings is 1. The minimum Gasteiger partial charge on any atom is -0.340 e. The van der Waals surface area contributed by atoms with E-state index in [-0.39, 0.29) is 5.91 Å². The number of carbonyl (C=O) groups excluding carboxylic acids is 1. The number of fused-ring (bicyclic) bond motifs is 1. The second-order valence-corrected chi connectivity index (χ2v) is 8.39. The molecule has 1 aliphatic carbocycles. The quantitative estimate of drug-likeness (QED) is 0.784. The lowest BCUT2D eigenvalue weighted by Crippen LogP contribution is -2.34. The molecule has 1 amide bonds. The van der Waals surface area contributed by atoms with E-state index in [1.165, 1.54) is 0 Å². The predicted molar refractivity (Wildman–Crippen MR) is 102 cm³/mol. The Bertz CT molecular complexity index is 825. The molecule has 2 aromatic rings. The molecule has 1 aromatic heterocycles. The fourth-order valence-corrected chi connectivity index (χ4v) is 4.47. The molecule has 2 heterocycles. The molecule has 2 aliphatic rings. The normalized spacial score (nSPS) is 24.5. The fraction of sp³-hybridized carbons (Fsp3) is 0.474. The van der Waals surface area contributed by atoms with Crippen LogP contribution in [0.2, 0.25) is 10.0 Å². The zero-order chi connectivity index (χ0) is 18.4. The maximum Gasteiger partial charge on any atom is 0.274 e. The first-order valence-corrected chi connectivity index (χ1v) is 9.57. The summed E-state index contributed by atoms with van der Waals surface area (Å²) < 4.78 is 1.80. The van der Waals surface area contributed by atoms with Crippen LogP contribution in [0, 0.1) is 17.8 Å². The number of hydrogen-bond acceptors (Lipinski definition) is 3. The summed E-state index contributed by atoms with van der Waals surface area (Å²) in [5.41, 5.74) is 1.46. The molecular formula is C19H22Cl2N4O. The van der Waals surface area contributed by atoms with E-state index in [1.54, 1.807) is 23.2 Å². The summed E-state index contributed by atoms with van der Waals surface area (Å²) in [5, 5.41) is 1.04. The molecule has 26 heavy (non-hydrogen) atoms. The molecule has 0 spiro atoms. The Balaban J connectivity index is 1.52. The number of carbonyl (C=O) groups is 1. The maximum atomic E-state index is 13.0. The van der Waals surface area contributed by atoms with E-state index in [4.69, 9.17) is 23.2 Å². The van der Waals surface area contributed by atoms with Gasteiger partial charge in [0, 0.05) is 39.4 Å². The number of benzene rings is 1. The molecule has 0 radical (unpaired) electrons. The van der Waals surface area contributed by atoms with Gasteiger partial charge in [-0.15, -0.1) is 0 Å². The largest absolute Gasteiger partial charge is 0.340 e. The number of aromatic nitrogens is 2. The number of piperidine rings is 1. The molecule has 1 saturated heterocycles. The standard InChI is InChI=1S/C19H22Cl2N4O/c1-23-7-13-14(8-23)15(13)9-25(19(26)18-10-24(2)11-22-18)6-12-3-4-16(20)17(21)5-12/h3-5,10-11,13-15H,6-9H2,1-2H3/t13-,14-/m1/s1. The average molecular weight is 393 g/mol. The Morgan fingerprint density at radius 1 is 1.23 bits per heavy atom. The van der Waals surface area contributed by atoms with E-state index in [2.05, 4.69) is 16.9 Å². The van der Waals surface area contributed by atoms with Gasteiger partial charge in [-0.1, -0.05) is 29.3 Å². The van der Waals surface area contributed by atoms with Gasteiger partial charge in [-0.2, -0.15) is 0 Å². The van der Waals surface area contributed by atoms with Crippen molar-refractivity contribution in [2.45, 2.75) is 6.54 Å². The van der Waals surface area contributed by atoms with Gasteiger partial charge in [0.05, 0.1) is 16.4 Å². The Labute approximate surface area is 163 Å². The molecule has 1 aliphatic heterocycles. The van der Waals surface area contributed by atoms with E-state index >= 15 is 0 Å². The second kappa shape index (κ2) is 6.87. The Morgan fingerprint density at radius 3 is 2.58 bits per heavy atom. The fourth-order valence-electron chi connectivity index (χ4n) is 4.15. The number of amides is 1. The first-order chi connectivity index (χ1) is 12.4. The van der Waals surface area contributed by atoms with Crippen LogP contribution >= 0.6 is 23.2 Å². The summed E-state index contributed by atoms with van der Waals surface area (Å²) >= 11 is 12.2. The molecule has 2 atom stereocenters. The highest BCUT2D eigenvalue weighted by Crippen LogP contribution is 2.51. The molecule has 0 N–H and O–H groups in total. The minimum absolute atomic E-state index is 0.0324. The van der Waals surface area contributed by atoms with Crippen LogP contribution in [0.15, 0.2) is 30.7 Å². The van der Waals surface area contributed by atoms with Gasteiger partial charge in [0.1, 0.15) is 5.69 Å². The van der Waals surface area contributed by atoms with Gasteiger partial charge in [-0.3, -0.25) is 4.79 Å². The molecule has 0 bridgehead atoms. The van der Waals surface area contributed by atoms with Crippen LogP contribution < -0.4 is 0 Å². The smallest absolute Gasteiger partial charge is 0.274 e. The molecule has 4 rings (SSSR count). The summed E-state index contributed by atoms with van der Waals surface area (Å²) in [4.78, 5) is 21.6. The third kappa shape index (κ3) is 3.48. The first-order valence-electron chi connectivity index (χ1n) is 8.82. The number of likely N-dealkylation sites (tertiary alicyclic amines) is 1. The van der Waals surface area contributed by atoms with Crippen molar-refractivity contribution in [2.24, 2.45) is 24.8 Å². The number of nitrogens with zero attached hydrogens (tertiary/aromatic N) is 4. The highest BCUT2D eigenvalue weighted by molar-refractivity contribution is 6.42. The molecule has 138 valence electrons. The molecule has 2 fully saturated rings.